The number of aliphatic imine (C=N–C) groups is 1. The topological polar surface area (TPSA) is 89.8 Å². The van der Waals surface area contributed by atoms with Crippen LogP contribution in [0.15, 0.2) is 58.3 Å². The monoisotopic (exact) mass is 439 g/mol. The number of rotatable bonds is 5. The van der Waals surface area contributed by atoms with E-state index >= 15 is 0 Å². The highest BCUT2D eigenvalue weighted by Gasteiger charge is 2.27. The van der Waals surface area contributed by atoms with Crippen molar-refractivity contribution in [2.45, 2.75) is 19.6 Å². The molecular formula is C22H22ClN5O3. The fraction of sp³-hybridized carbons (Fsp3) is 0.227. The highest BCUT2D eigenvalue weighted by atomic mass is 35.5. The minimum atomic E-state index is -0.527. The van der Waals surface area contributed by atoms with Gasteiger partial charge in [0.2, 0.25) is 5.95 Å². The van der Waals surface area contributed by atoms with Crippen LogP contribution in [0.3, 0.4) is 0 Å². The third-order valence-corrected chi connectivity index (χ3v) is 5.15. The number of ether oxygens (including phenoxy) is 2. The highest BCUT2D eigenvalue weighted by Crippen LogP contribution is 2.31. The number of hydrogen-bond donors (Lipinski definition) is 2. The molecule has 0 unspecified atom stereocenters. The van der Waals surface area contributed by atoms with Crippen LogP contribution in [-0.4, -0.2) is 29.7 Å². The number of aryl methyl sites for hydroxylation is 1. The number of nitrogens with zero attached hydrogens (tertiary/aromatic N) is 3. The summed E-state index contributed by atoms with van der Waals surface area (Å²) in [5.41, 5.74) is 2.24. The molecular weight excluding hydrogens is 418 g/mol. The van der Waals surface area contributed by atoms with Gasteiger partial charge in [0, 0.05) is 16.8 Å². The largest absolute Gasteiger partial charge is 0.493 e. The zero-order chi connectivity index (χ0) is 22.0. The number of guanidine groups is 1. The molecule has 0 bridgehead atoms. The van der Waals surface area contributed by atoms with Crippen LogP contribution in [0.25, 0.3) is 0 Å². The van der Waals surface area contributed by atoms with Crippen LogP contribution in [0.4, 0.5) is 5.95 Å². The molecule has 9 heteroatoms. The van der Waals surface area contributed by atoms with Crippen molar-refractivity contribution < 1.29 is 9.47 Å². The van der Waals surface area contributed by atoms with Crippen LogP contribution in [0.5, 0.6) is 11.5 Å². The summed E-state index contributed by atoms with van der Waals surface area (Å²) in [4.78, 5) is 21.9. The second-order valence-electron chi connectivity index (χ2n) is 7.01. The molecule has 0 spiro atoms. The highest BCUT2D eigenvalue weighted by molar-refractivity contribution is 6.30. The summed E-state index contributed by atoms with van der Waals surface area (Å²) in [5, 5.41) is 7.09. The minimum Gasteiger partial charge on any atom is -0.493 e. The molecule has 160 valence electrons. The second-order valence-corrected chi connectivity index (χ2v) is 7.44. The summed E-state index contributed by atoms with van der Waals surface area (Å²) in [6, 6.07) is 14.5. The molecule has 1 aromatic heterocycles. The number of aromatic nitrogens is 2. The predicted octanol–water partition coefficient (Wildman–Crippen LogP) is 3.34. The molecule has 0 aliphatic carbocycles. The van der Waals surface area contributed by atoms with Crippen molar-refractivity contribution in [2.75, 3.05) is 19.5 Å². The van der Waals surface area contributed by atoms with Crippen molar-refractivity contribution in [3.05, 3.63) is 80.7 Å². The lowest BCUT2D eigenvalue weighted by Gasteiger charge is -2.31. The van der Waals surface area contributed by atoms with Crippen LogP contribution < -0.4 is 25.7 Å². The molecule has 0 fully saturated rings. The van der Waals surface area contributed by atoms with Crippen molar-refractivity contribution in [1.82, 2.24) is 14.9 Å². The van der Waals surface area contributed by atoms with E-state index in [0.717, 1.165) is 11.1 Å². The van der Waals surface area contributed by atoms with Gasteiger partial charge in [-0.15, -0.1) is 0 Å². The van der Waals surface area contributed by atoms with Gasteiger partial charge in [0.25, 0.3) is 5.56 Å². The van der Waals surface area contributed by atoms with E-state index in [1.807, 2.05) is 36.4 Å². The van der Waals surface area contributed by atoms with Gasteiger partial charge in [0.05, 0.1) is 20.8 Å². The van der Waals surface area contributed by atoms with Crippen LogP contribution in [0, 0.1) is 6.92 Å². The van der Waals surface area contributed by atoms with E-state index in [2.05, 4.69) is 20.6 Å². The molecule has 31 heavy (non-hydrogen) atoms. The lowest BCUT2D eigenvalue weighted by atomic mass is 10.1. The molecule has 0 saturated heterocycles. The maximum absolute atomic E-state index is 12.8. The van der Waals surface area contributed by atoms with Gasteiger partial charge in [-0.3, -0.25) is 14.7 Å². The Morgan fingerprint density at radius 1 is 1.10 bits per heavy atom. The lowest BCUT2D eigenvalue weighted by Crippen LogP contribution is -2.48. The number of hydrogen-bond acceptors (Lipinski definition) is 5. The molecule has 2 N–H and O–H groups in total. The quantitative estimate of drug-likeness (QED) is 0.633. The Morgan fingerprint density at radius 3 is 2.55 bits per heavy atom. The fourth-order valence-electron chi connectivity index (χ4n) is 3.38. The Labute approximate surface area is 184 Å². The van der Waals surface area contributed by atoms with Crippen molar-refractivity contribution in [3.63, 3.8) is 0 Å². The van der Waals surface area contributed by atoms with Gasteiger partial charge in [-0.25, -0.2) is 9.98 Å². The molecule has 0 radical (unpaired) electrons. The third kappa shape index (κ3) is 4.34. The molecule has 1 aliphatic rings. The summed E-state index contributed by atoms with van der Waals surface area (Å²) in [5.74, 6) is 2.09. The van der Waals surface area contributed by atoms with Crippen LogP contribution >= 0.6 is 11.6 Å². The fourth-order valence-corrected chi connectivity index (χ4v) is 3.51. The number of benzene rings is 2. The number of anilines is 1. The van der Waals surface area contributed by atoms with Gasteiger partial charge in [-0.2, -0.15) is 0 Å². The molecule has 1 aliphatic heterocycles. The smallest absolute Gasteiger partial charge is 0.257 e. The lowest BCUT2D eigenvalue weighted by molar-refractivity contribution is 0.353. The SMILES string of the molecule is COc1ccc([C@@H]2NC(=NCc3ccc(Cl)cc3)Nc3nc(C)cc(=O)n32)cc1OC. The molecule has 0 saturated carbocycles. The molecule has 2 heterocycles. The summed E-state index contributed by atoms with van der Waals surface area (Å²) in [7, 11) is 3.15. The zero-order valence-corrected chi connectivity index (χ0v) is 18.1. The zero-order valence-electron chi connectivity index (χ0n) is 17.3. The van der Waals surface area contributed by atoms with Crippen molar-refractivity contribution in [3.8, 4) is 11.5 Å². The van der Waals surface area contributed by atoms with E-state index in [0.29, 0.717) is 40.7 Å². The van der Waals surface area contributed by atoms with Gasteiger partial charge < -0.3 is 14.8 Å². The van der Waals surface area contributed by atoms with Crippen molar-refractivity contribution in [2.24, 2.45) is 4.99 Å². The maximum Gasteiger partial charge on any atom is 0.257 e. The van der Waals surface area contributed by atoms with Gasteiger partial charge in [0.1, 0.15) is 6.17 Å². The normalized spacial score (nSPS) is 16.3. The average molecular weight is 440 g/mol. The Balaban J connectivity index is 1.74. The van der Waals surface area contributed by atoms with E-state index in [1.165, 1.54) is 6.07 Å². The third-order valence-electron chi connectivity index (χ3n) is 4.90. The van der Waals surface area contributed by atoms with Crippen LogP contribution in [0.2, 0.25) is 5.02 Å². The van der Waals surface area contributed by atoms with Crippen LogP contribution in [0.1, 0.15) is 23.0 Å². The predicted molar refractivity (Wildman–Crippen MR) is 120 cm³/mol. The van der Waals surface area contributed by atoms with E-state index in [1.54, 1.807) is 31.8 Å². The number of methoxy groups -OCH3 is 2. The molecule has 4 rings (SSSR count). The summed E-state index contributed by atoms with van der Waals surface area (Å²) in [6.07, 6.45) is -0.527. The summed E-state index contributed by atoms with van der Waals surface area (Å²) < 4.78 is 12.3. The van der Waals surface area contributed by atoms with Gasteiger partial charge >= 0.3 is 0 Å². The maximum atomic E-state index is 12.8. The Bertz CT molecular complexity index is 1190. The Hall–Kier alpha value is -3.52. The molecule has 2 aromatic carbocycles. The van der Waals surface area contributed by atoms with Crippen LogP contribution in [-0.2, 0) is 6.54 Å². The first-order valence-electron chi connectivity index (χ1n) is 9.63. The van der Waals surface area contributed by atoms with Gasteiger partial charge in [-0.1, -0.05) is 29.8 Å². The van der Waals surface area contributed by atoms with E-state index in [4.69, 9.17) is 21.1 Å². The van der Waals surface area contributed by atoms with E-state index < -0.39 is 6.17 Å². The first-order chi connectivity index (χ1) is 15.0. The van der Waals surface area contributed by atoms with Gasteiger partial charge in [0.15, 0.2) is 17.5 Å². The average Bonchev–Trinajstić information content (AvgIpc) is 2.77. The van der Waals surface area contributed by atoms with E-state index in [9.17, 15) is 4.79 Å². The van der Waals surface area contributed by atoms with Crippen molar-refractivity contribution in [1.29, 1.82) is 0 Å². The summed E-state index contributed by atoms with van der Waals surface area (Å²) >= 11 is 5.96. The van der Waals surface area contributed by atoms with Gasteiger partial charge in [-0.05, 0) is 42.3 Å². The molecule has 3 aromatic rings. The second kappa shape index (κ2) is 8.69. The first-order valence-corrected chi connectivity index (χ1v) is 10.0. The van der Waals surface area contributed by atoms with E-state index in [-0.39, 0.29) is 5.56 Å². The molecule has 0 amide bonds. The number of halogens is 1. The standard InChI is InChI=1S/C22H22ClN5O3/c1-13-10-19(29)28-20(15-6-9-17(30-2)18(11-15)31-3)26-21(27-22(28)25-13)24-12-14-4-7-16(23)8-5-14/h4-11,20H,12H2,1-3H3,(H2,24,25,26,27)/t20-/m1/s1. The van der Waals surface area contributed by atoms with Crippen molar-refractivity contribution >= 4 is 23.5 Å². The minimum absolute atomic E-state index is 0.181. The summed E-state index contributed by atoms with van der Waals surface area (Å²) in [6.45, 7) is 2.21. The first kappa shape index (κ1) is 20.7. The number of nitrogens with one attached hydrogen (secondary N) is 2. The number of fused-ring (bicyclic) bond motifs is 1. The molecule has 1 atom stereocenters. The Morgan fingerprint density at radius 2 is 1.84 bits per heavy atom. The Kier molecular flexibility index (Phi) is 5.81. The molecule has 8 nitrogen and oxygen atoms in total.